The van der Waals surface area contributed by atoms with Crippen molar-refractivity contribution in [1.82, 2.24) is 5.43 Å². The van der Waals surface area contributed by atoms with Crippen LogP contribution in [0.25, 0.3) is 0 Å². The van der Waals surface area contributed by atoms with E-state index in [0.717, 1.165) is 22.2 Å². The maximum Gasteiger partial charge on any atom is 0.279 e. The van der Waals surface area contributed by atoms with E-state index in [1.807, 2.05) is 24.3 Å². The number of non-ortho nitro benzene ring substituents is 1. The third-order valence-corrected chi connectivity index (χ3v) is 4.96. The average Bonchev–Trinajstić information content (AvgIpc) is 2.79. The first-order valence-corrected chi connectivity index (χ1v) is 10.3. The van der Waals surface area contributed by atoms with Gasteiger partial charge >= 0.3 is 0 Å². The normalized spacial score (nSPS) is 10.7. The summed E-state index contributed by atoms with van der Waals surface area (Å²) in [6.45, 7) is 0.422. The number of benzene rings is 3. The Labute approximate surface area is 196 Å². The quantitative estimate of drug-likeness (QED) is 0.254. The zero-order valence-corrected chi connectivity index (χ0v) is 18.6. The van der Waals surface area contributed by atoms with Crippen molar-refractivity contribution in [3.05, 3.63) is 108 Å². The van der Waals surface area contributed by atoms with E-state index in [1.54, 1.807) is 24.3 Å². The van der Waals surface area contributed by atoms with Gasteiger partial charge in [-0.1, -0.05) is 28.1 Å². The molecule has 0 radical (unpaired) electrons. The van der Waals surface area contributed by atoms with Crippen LogP contribution in [0.15, 0.2) is 76.3 Å². The molecule has 10 nitrogen and oxygen atoms in total. The van der Waals surface area contributed by atoms with Gasteiger partial charge in [0.25, 0.3) is 11.4 Å². The summed E-state index contributed by atoms with van der Waals surface area (Å²) < 4.78 is 6.72. The first-order chi connectivity index (χ1) is 15.8. The summed E-state index contributed by atoms with van der Waals surface area (Å²) in [7, 11) is 0. The fraction of sp³-hybridized carbons (Fsp3) is 0.0909. The lowest BCUT2D eigenvalue weighted by Gasteiger charge is -2.06. The molecule has 168 valence electrons. The molecule has 1 N–H and O–H groups in total. The number of hydrazone groups is 1. The van der Waals surface area contributed by atoms with Crippen LogP contribution >= 0.6 is 15.9 Å². The predicted octanol–water partition coefficient (Wildman–Crippen LogP) is 4.54. The van der Waals surface area contributed by atoms with Gasteiger partial charge in [0.1, 0.15) is 12.4 Å². The fourth-order valence-electron chi connectivity index (χ4n) is 2.77. The number of halogens is 1. The summed E-state index contributed by atoms with van der Waals surface area (Å²) in [6.07, 6.45) is 1.06. The highest BCUT2D eigenvalue weighted by atomic mass is 79.9. The maximum absolute atomic E-state index is 12.1. The molecule has 0 aliphatic rings. The molecule has 0 heterocycles. The number of nitro benzene ring substituents is 2. The zero-order chi connectivity index (χ0) is 23.8. The van der Waals surface area contributed by atoms with Crippen LogP contribution < -0.4 is 10.2 Å². The Bertz CT molecular complexity index is 1200. The number of carbonyl (C=O) groups excluding carboxylic acids is 1. The zero-order valence-electron chi connectivity index (χ0n) is 17.0. The third-order valence-electron chi connectivity index (χ3n) is 4.43. The van der Waals surface area contributed by atoms with Crippen LogP contribution in [-0.2, 0) is 17.8 Å². The topological polar surface area (TPSA) is 137 Å². The number of rotatable bonds is 9. The number of carbonyl (C=O) groups is 1. The lowest BCUT2D eigenvalue weighted by atomic mass is 10.1. The van der Waals surface area contributed by atoms with Crippen molar-refractivity contribution in [1.29, 1.82) is 0 Å². The molecule has 3 rings (SSSR count). The summed E-state index contributed by atoms with van der Waals surface area (Å²) in [5.74, 6) is 0.0715. The minimum atomic E-state index is -0.765. The second-order valence-corrected chi connectivity index (χ2v) is 7.70. The Morgan fingerprint density at radius 3 is 2.33 bits per heavy atom. The lowest BCUT2D eigenvalue weighted by molar-refractivity contribution is -0.394. The van der Waals surface area contributed by atoms with Crippen molar-refractivity contribution < 1.29 is 19.4 Å². The molecule has 0 atom stereocenters. The minimum absolute atomic E-state index is 0.0468. The van der Waals surface area contributed by atoms with Gasteiger partial charge in [-0.2, -0.15) is 5.10 Å². The molecule has 33 heavy (non-hydrogen) atoms. The van der Waals surface area contributed by atoms with Crippen LogP contribution in [0.2, 0.25) is 0 Å². The molecule has 11 heteroatoms. The number of nitrogens with one attached hydrogen (secondary N) is 1. The molecule has 0 aliphatic heterocycles. The summed E-state index contributed by atoms with van der Waals surface area (Å²) in [4.78, 5) is 32.5. The van der Waals surface area contributed by atoms with Gasteiger partial charge in [-0.3, -0.25) is 25.0 Å². The molecule has 0 unspecified atom stereocenters. The molecule has 1 amide bonds. The van der Waals surface area contributed by atoms with Crippen molar-refractivity contribution >= 4 is 39.4 Å². The maximum atomic E-state index is 12.1. The van der Waals surface area contributed by atoms with E-state index in [-0.39, 0.29) is 12.0 Å². The molecule has 0 saturated heterocycles. The van der Waals surface area contributed by atoms with Crippen LogP contribution in [0.5, 0.6) is 5.75 Å². The molecular formula is C22H17BrN4O6. The number of nitrogens with zero attached hydrogens (tertiary/aromatic N) is 3. The highest BCUT2D eigenvalue weighted by Crippen LogP contribution is 2.25. The van der Waals surface area contributed by atoms with Crippen molar-refractivity contribution in [2.75, 3.05) is 0 Å². The van der Waals surface area contributed by atoms with Crippen molar-refractivity contribution in [3.8, 4) is 5.75 Å². The van der Waals surface area contributed by atoms with E-state index in [2.05, 4.69) is 26.5 Å². The second kappa shape index (κ2) is 11.0. The number of ether oxygens (including phenoxy) is 1. The lowest BCUT2D eigenvalue weighted by Crippen LogP contribution is -2.20. The van der Waals surface area contributed by atoms with Gasteiger partial charge in [-0.05, 0) is 53.6 Å². The molecule has 0 aliphatic carbocycles. The standard InChI is InChI=1S/C22H17BrN4O6/c23-18-6-1-16(2-7-18)14-33-20-9-3-15(4-10-20)13-24-25-22(28)11-17-5-8-19(26(29)30)12-21(17)27(31)32/h1-10,12-13H,11,14H2,(H,25,28)/b24-13-. The van der Waals surface area contributed by atoms with Crippen LogP contribution in [0.1, 0.15) is 16.7 Å². The number of hydrogen-bond donors (Lipinski definition) is 1. The Balaban J connectivity index is 1.53. The van der Waals surface area contributed by atoms with Gasteiger partial charge < -0.3 is 4.74 Å². The Morgan fingerprint density at radius 1 is 1.00 bits per heavy atom. The van der Waals surface area contributed by atoms with Gasteiger partial charge in [0, 0.05) is 16.1 Å². The molecule has 0 aromatic heterocycles. The van der Waals surface area contributed by atoms with E-state index in [1.165, 1.54) is 12.3 Å². The largest absolute Gasteiger partial charge is 0.489 e. The van der Waals surface area contributed by atoms with Crippen LogP contribution in [0.3, 0.4) is 0 Å². The third kappa shape index (κ3) is 6.94. The average molecular weight is 513 g/mol. The fourth-order valence-corrected chi connectivity index (χ4v) is 3.04. The number of nitro groups is 2. The van der Waals surface area contributed by atoms with E-state index < -0.39 is 27.1 Å². The first kappa shape index (κ1) is 23.5. The molecule has 0 fully saturated rings. The van der Waals surface area contributed by atoms with Crippen LogP contribution in [0, 0.1) is 20.2 Å². The molecular weight excluding hydrogens is 496 g/mol. The highest BCUT2D eigenvalue weighted by Gasteiger charge is 2.20. The predicted molar refractivity (Wildman–Crippen MR) is 124 cm³/mol. The summed E-state index contributed by atoms with van der Waals surface area (Å²) in [6, 6.07) is 18.0. The summed E-state index contributed by atoms with van der Waals surface area (Å²) in [5, 5.41) is 25.8. The SMILES string of the molecule is O=C(Cc1ccc([N+](=O)[O-])cc1[N+](=O)[O-])N/N=C\c1ccc(OCc2ccc(Br)cc2)cc1. The summed E-state index contributed by atoms with van der Waals surface area (Å²) >= 11 is 3.38. The summed E-state index contributed by atoms with van der Waals surface area (Å²) in [5.41, 5.74) is 3.14. The molecule has 0 saturated carbocycles. The van der Waals surface area contributed by atoms with Gasteiger partial charge in [-0.15, -0.1) is 0 Å². The van der Waals surface area contributed by atoms with Crippen LogP contribution in [0.4, 0.5) is 11.4 Å². The van der Waals surface area contributed by atoms with E-state index >= 15 is 0 Å². The molecule has 0 bridgehead atoms. The number of amides is 1. The smallest absolute Gasteiger partial charge is 0.279 e. The van der Waals surface area contributed by atoms with Gasteiger partial charge in [-0.25, -0.2) is 5.43 Å². The van der Waals surface area contributed by atoms with Gasteiger partial charge in [0.2, 0.25) is 5.91 Å². The van der Waals surface area contributed by atoms with Crippen molar-refractivity contribution in [3.63, 3.8) is 0 Å². The van der Waals surface area contributed by atoms with E-state index in [4.69, 9.17) is 4.74 Å². The van der Waals surface area contributed by atoms with E-state index in [9.17, 15) is 25.0 Å². The Kier molecular flexibility index (Phi) is 7.82. The minimum Gasteiger partial charge on any atom is -0.489 e. The van der Waals surface area contributed by atoms with Crippen molar-refractivity contribution in [2.45, 2.75) is 13.0 Å². The van der Waals surface area contributed by atoms with E-state index in [0.29, 0.717) is 17.9 Å². The van der Waals surface area contributed by atoms with Gasteiger partial charge in [0.05, 0.1) is 28.5 Å². The van der Waals surface area contributed by atoms with Crippen molar-refractivity contribution in [2.24, 2.45) is 5.10 Å². The Hall–Kier alpha value is -4.12. The molecule has 0 spiro atoms. The van der Waals surface area contributed by atoms with Gasteiger partial charge in [0.15, 0.2) is 0 Å². The first-order valence-electron chi connectivity index (χ1n) is 9.53. The Morgan fingerprint density at radius 2 is 1.70 bits per heavy atom. The van der Waals surface area contributed by atoms with Crippen LogP contribution in [-0.4, -0.2) is 22.0 Å². The monoisotopic (exact) mass is 512 g/mol. The molecule has 3 aromatic rings. The highest BCUT2D eigenvalue weighted by molar-refractivity contribution is 9.10. The second-order valence-electron chi connectivity index (χ2n) is 6.78. The molecule has 3 aromatic carbocycles. The number of hydrogen-bond acceptors (Lipinski definition) is 7.